The Hall–Kier alpha value is -3.28. The van der Waals surface area contributed by atoms with E-state index in [4.69, 9.17) is 4.74 Å². The lowest BCUT2D eigenvalue weighted by molar-refractivity contribution is -0.138. The number of ether oxygens (including phenoxy) is 1. The maximum Gasteiger partial charge on any atom is 0.416 e. The molecule has 1 aliphatic carbocycles. The van der Waals surface area contributed by atoms with Crippen LogP contribution >= 0.6 is 0 Å². The van der Waals surface area contributed by atoms with Crippen molar-refractivity contribution in [3.8, 4) is 5.75 Å². The van der Waals surface area contributed by atoms with Crippen LogP contribution in [-0.4, -0.2) is 5.91 Å². The summed E-state index contributed by atoms with van der Waals surface area (Å²) in [5.74, 6) is 0.546. The van der Waals surface area contributed by atoms with Crippen LogP contribution in [-0.2, 0) is 17.6 Å². The highest BCUT2D eigenvalue weighted by Gasteiger charge is 2.33. The number of benzene rings is 3. The molecular weight excluding hydrogens is 463 g/mol. The number of rotatable bonds is 7. The molecule has 1 N–H and O–H groups in total. The van der Waals surface area contributed by atoms with E-state index < -0.39 is 11.7 Å². The summed E-state index contributed by atoms with van der Waals surface area (Å²) in [6.07, 6.45) is 0.538. The molecule has 1 amide bonds. The van der Waals surface area contributed by atoms with Crippen LogP contribution in [0.5, 0.6) is 5.75 Å². The van der Waals surface area contributed by atoms with Crippen LogP contribution in [0, 0.1) is 5.92 Å². The third kappa shape index (κ3) is 6.48. The number of hydrogen-bond acceptors (Lipinski definition) is 2. The van der Waals surface area contributed by atoms with Gasteiger partial charge in [0.2, 0.25) is 5.91 Å². The van der Waals surface area contributed by atoms with Crippen LogP contribution in [0.1, 0.15) is 73.2 Å². The molecule has 0 aromatic heterocycles. The van der Waals surface area contributed by atoms with Gasteiger partial charge in [-0.05, 0) is 55.0 Å². The first kappa shape index (κ1) is 25.8. The molecule has 3 aromatic carbocycles. The molecule has 1 aliphatic rings. The highest BCUT2D eigenvalue weighted by Crippen LogP contribution is 2.38. The molecule has 3 nitrogen and oxygen atoms in total. The third-order valence-electron chi connectivity index (χ3n) is 7.04. The molecule has 3 atom stereocenters. The van der Waals surface area contributed by atoms with Gasteiger partial charge in [-0.1, -0.05) is 79.9 Å². The Labute approximate surface area is 210 Å². The Bertz CT molecular complexity index is 1130. The monoisotopic (exact) mass is 495 g/mol. The molecule has 0 spiro atoms. The Morgan fingerprint density at radius 3 is 2.31 bits per heavy atom. The summed E-state index contributed by atoms with van der Waals surface area (Å²) in [4.78, 5) is 13.3. The average Bonchev–Trinajstić information content (AvgIpc) is 3.14. The van der Waals surface area contributed by atoms with E-state index in [2.05, 4.69) is 5.32 Å². The standard InChI is InChI=1S/C30H32F3NO2/c1-21(22-10-4-2-5-11-22)34-29(35)27-14-7-3-6-13-26(27)23-16-18-25(19-17-23)36-20-24-12-8-9-15-28(24)30(31,32)33/h2,4-5,8-12,15-19,21,26-27H,3,6-7,13-14,20H2,1H3,(H,34,35)/t21-,26?,27?/m0/s1. The smallest absolute Gasteiger partial charge is 0.416 e. The van der Waals surface area contributed by atoms with E-state index in [-0.39, 0.29) is 36.0 Å². The zero-order valence-electron chi connectivity index (χ0n) is 20.4. The first-order valence-corrected chi connectivity index (χ1v) is 12.6. The molecule has 1 fully saturated rings. The van der Waals surface area contributed by atoms with Gasteiger partial charge in [0.15, 0.2) is 0 Å². The lowest BCUT2D eigenvalue weighted by Gasteiger charge is -2.27. The van der Waals surface area contributed by atoms with Crippen LogP contribution in [0.2, 0.25) is 0 Å². The van der Waals surface area contributed by atoms with Crippen molar-refractivity contribution in [3.05, 3.63) is 101 Å². The van der Waals surface area contributed by atoms with Crippen molar-refractivity contribution in [1.82, 2.24) is 5.32 Å². The van der Waals surface area contributed by atoms with E-state index in [0.717, 1.165) is 49.3 Å². The van der Waals surface area contributed by atoms with Gasteiger partial charge in [-0.15, -0.1) is 0 Å². The van der Waals surface area contributed by atoms with Crippen molar-refractivity contribution in [2.75, 3.05) is 0 Å². The number of amides is 1. The molecule has 0 heterocycles. The van der Waals surface area contributed by atoms with Gasteiger partial charge in [0, 0.05) is 11.5 Å². The molecule has 36 heavy (non-hydrogen) atoms. The van der Waals surface area contributed by atoms with Gasteiger partial charge in [-0.3, -0.25) is 4.79 Å². The molecule has 3 aromatic rings. The maximum atomic E-state index is 13.3. The minimum atomic E-state index is -4.42. The SMILES string of the molecule is C[C@H](NC(=O)C1CCCCCC1c1ccc(OCc2ccccc2C(F)(F)F)cc1)c1ccccc1. The Morgan fingerprint density at radius 1 is 0.917 bits per heavy atom. The molecule has 0 saturated heterocycles. The number of halogens is 3. The molecule has 1 saturated carbocycles. The summed E-state index contributed by atoms with van der Waals surface area (Å²) in [7, 11) is 0. The van der Waals surface area contributed by atoms with E-state index in [1.54, 1.807) is 18.2 Å². The minimum Gasteiger partial charge on any atom is -0.489 e. The summed E-state index contributed by atoms with van der Waals surface area (Å²) in [5, 5.41) is 3.21. The largest absolute Gasteiger partial charge is 0.489 e. The van der Waals surface area contributed by atoms with Gasteiger partial charge < -0.3 is 10.1 Å². The summed E-state index contributed by atoms with van der Waals surface area (Å²) >= 11 is 0. The van der Waals surface area contributed by atoms with Crippen LogP contribution in [0.25, 0.3) is 0 Å². The maximum absolute atomic E-state index is 13.3. The van der Waals surface area contributed by atoms with Gasteiger partial charge in [-0.2, -0.15) is 13.2 Å². The number of carbonyl (C=O) groups excluding carboxylic acids is 1. The third-order valence-corrected chi connectivity index (χ3v) is 7.04. The van der Waals surface area contributed by atoms with Gasteiger partial charge in [0.05, 0.1) is 11.6 Å². The van der Waals surface area contributed by atoms with E-state index in [0.29, 0.717) is 5.75 Å². The molecule has 190 valence electrons. The fraction of sp³-hybridized carbons (Fsp3) is 0.367. The van der Waals surface area contributed by atoms with Crippen LogP contribution in [0.3, 0.4) is 0 Å². The first-order valence-electron chi connectivity index (χ1n) is 12.6. The Kier molecular flexibility index (Phi) is 8.34. The van der Waals surface area contributed by atoms with E-state index >= 15 is 0 Å². The summed E-state index contributed by atoms with van der Waals surface area (Å²) in [6, 6.07) is 22.8. The second-order valence-corrected chi connectivity index (χ2v) is 9.50. The fourth-order valence-corrected chi connectivity index (χ4v) is 5.06. The van der Waals surface area contributed by atoms with E-state index in [1.165, 1.54) is 12.1 Å². The molecule has 0 radical (unpaired) electrons. The predicted octanol–water partition coefficient (Wildman–Crippen LogP) is 7.83. The molecular formula is C30H32F3NO2. The zero-order chi connectivity index (χ0) is 25.5. The highest BCUT2D eigenvalue weighted by molar-refractivity contribution is 5.80. The van der Waals surface area contributed by atoms with Crippen molar-refractivity contribution in [1.29, 1.82) is 0 Å². The summed E-state index contributed by atoms with van der Waals surface area (Å²) in [5.41, 5.74) is 1.55. The Balaban J connectivity index is 1.44. The molecule has 0 bridgehead atoms. The number of carbonyl (C=O) groups is 1. The number of alkyl halides is 3. The average molecular weight is 496 g/mol. The van der Waals surface area contributed by atoms with Crippen molar-refractivity contribution < 1.29 is 22.7 Å². The van der Waals surface area contributed by atoms with Gasteiger partial charge in [-0.25, -0.2) is 0 Å². The predicted molar refractivity (Wildman–Crippen MR) is 135 cm³/mol. The van der Waals surface area contributed by atoms with Gasteiger partial charge in [0.1, 0.15) is 12.4 Å². The molecule has 6 heteroatoms. The quantitative estimate of drug-likeness (QED) is 0.339. The minimum absolute atomic E-state index is 0.0713. The first-order chi connectivity index (χ1) is 17.3. The van der Waals surface area contributed by atoms with Crippen molar-refractivity contribution in [2.45, 2.75) is 63.8 Å². The van der Waals surface area contributed by atoms with Gasteiger partial charge in [0.25, 0.3) is 0 Å². The lowest BCUT2D eigenvalue weighted by atomic mass is 9.81. The zero-order valence-corrected chi connectivity index (χ0v) is 20.4. The second-order valence-electron chi connectivity index (χ2n) is 9.50. The molecule has 0 aliphatic heterocycles. The van der Waals surface area contributed by atoms with Crippen LogP contribution < -0.4 is 10.1 Å². The second kappa shape index (κ2) is 11.6. The topological polar surface area (TPSA) is 38.3 Å². The van der Waals surface area contributed by atoms with Crippen LogP contribution in [0.15, 0.2) is 78.9 Å². The van der Waals surface area contributed by atoms with Crippen molar-refractivity contribution in [3.63, 3.8) is 0 Å². The summed E-state index contributed by atoms with van der Waals surface area (Å²) < 4.78 is 45.5. The van der Waals surface area contributed by atoms with E-state index in [1.807, 2.05) is 49.4 Å². The number of hydrogen-bond donors (Lipinski definition) is 1. The normalized spacial score (nSPS) is 19.2. The highest BCUT2D eigenvalue weighted by atomic mass is 19.4. The fourth-order valence-electron chi connectivity index (χ4n) is 5.06. The van der Waals surface area contributed by atoms with E-state index in [9.17, 15) is 18.0 Å². The van der Waals surface area contributed by atoms with Crippen molar-refractivity contribution >= 4 is 5.91 Å². The van der Waals surface area contributed by atoms with Crippen molar-refractivity contribution in [2.24, 2.45) is 5.92 Å². The Morgan fingerprint density at radius 2 is 1.58 bits per heavy atom. The van der Waals surface area contributed by atoms with Crippen LogP contribution in [0.4, 0.5) is 13.2 Å². The van der Waals surface area contributed by atoms with Gasteiger partial charge >= 0.3 is 6.18 Å². The summed E-state index contributed by atoms with van der Waals surface area (Å²) in [6.45, 7) is 1.84. The lowest BCUT2D eigenvalue weighted by Crippen LogP contribution is -2.35. The number of nitrogens with one attached hydrogen (secondary N) is 1. The molecule has 4 rings (SSSR count). The molecule has 2 unspecified atom stereocenters.